The second-order valence-electron chi connectivity index (χ2n) is 8.94. The Morgan fingerprint density at radius 2 is 1.89 bits per heavy atom. The summed E-state index contributed by atoms with van der Waals surface area (Å²) in [7, 11) is 3.91. The first-order valence-corrected chi connectivity index (χ1v) is 11.4. The number of carbonyl (C=O) groups excluding carboxylic acids is 1. The molecule has 1 aliphatic heterocycles. The van der Waals surface area contributed by atoms with Crippen molar-refractivity contribution in [2.24, 2.45) is 12.9 Å². The number of amides is 1. The third kappa shape index (κ3) is 4.33. The number of rotatable bonds is 5. The van der Waals surface area contributed by atoms with Gasteiger partial charge in [-0.05, 0) is 68.4 Å². The zero-order chi connectivity index (χ0) is 24.7. The third-order valence-corrected chi connectivity index (χ3v) is 6.62. The van der Waals surface area contributed by atoms with E-state index in [2.05, 4.69) is 19.9 Å². The van der Waals surface area contributed by atoms with E-state index in [1.54, 1.807) is 18.5 Å². The number of nitrogen functional groups attached to an aromatic ring is 1. The van der Waals surface area contributed by atoms with E-state index in [1.165, 1.54) is 12.1 Å². The molecule has 0 unspecified atom stereocenters. The highest BCUT2D eigenvalue weighted by atomic mass is 19.1. The summed E-state index contributed by atoms with van der Waals surface area (Å²) in [5, 5.41) is 1.07. The second-order valence-corrected chi connectivity index (χ2v) is 8.94. The molecule has 0 aliphatic carbocycles. The Morgan fingerprint density at radius 3 is 2.60 bits per heavy atom. The maximum atomic E-state index is 13.7. The van der Waals surface area contributed by atoms with E-state index in [9.17, 15) is 9.18 Å². The number of nitrogens with two attached hydrogens (primary N) is 2. The Bertz CT molecular complexity index is 1400. The van der Waals surface area contributed by atoms with Crippen LogP contribution in [-0.4, -0.2) is 50.0 Å². The molecule has 3 heterocycles. The van der Waals surface area contributed by atoms with Gasteiger partial charge in [0, 0.05) is 25.1 Å². The van der Waals surface area contributed by atoms with Crippen LogP contribution in [0.4, 0.5) is 16.2 Å². The van der Waals surface area contributed by atoms with Crippen LogP contribution in [0.15, 0.2) is 48.8 Å². The maximum Gasteiger partial charge on any atom is 0.244 e. The van der Waals surface area contributed by atoms with Gasteiger partial charge in [0.15, 0.2) is 5.82 Å². The molecule has 1 saturated heterocycles. The summed E-state index contributed by atoms with van der Waals surface area (Å²) in [6.45, 7) is 0.952. The average Bonchev–Trinajstić information content (AvgIpc) is 3.43. The number of aryl methyl sites for hydroxylation is 1. The molecule has 1 fully saturated rings. The van der Waals surface area contributed by atoms with Crippen LogP contribution in [0.25, 0.3) is 33.4 Å². The standard InChI is InChI=1S/C25H27FN8O/c1-32-11-3-4-18(32)13-21(35)34(28)24-22(16-7-10-19-20(12-16)33(2)14-29-19)23(30-25(27)31-24)15-5-8-17(26)9-6-15/h5-10,12,14,18H,3-4,11,13,28H2,1-2H3,(H2,27,30,31)/t18-/m0/s1. The van der Waals surface area contributed by atoms with Gasteiger partial charge in [-0.3, -0.25) is 4.79 Å². The van der Waals surface area contributed by atoms with Crippen molar-refractivity contribution in [1.29, 1.82) is 0 Å². The second kappa shape index (κ2) is 9.05. The summed E-state index contributed by atoms with van der Waals surface area (Å²) in [4.78, 5) is 28.7. The lowest BCUT2D eigenvalue weighted by Gasteiger charge is -2.24. The molecular formula is C25H27FN8O. The number of nitrogens with zero attached hydrogens (tertiary/aromatic N) is 6. The molecule has 4 aromatic rings. The van der Waals surface area contributed by atoms with E-state index in [0.717, 1.165) is 41.0 Å². The molecule has 5 rings (SSSR count). The van der Waals surface area contributed by atoms with E-state index in [-0.39, 0.29) is 36.0 Å². The number of hydrogen-bond acceptors (Lipinski definition) is 7. The van der Waals surface area contributed by atoms with Crippen LogP contribution in [0.2, 0.25) is 0 Å². The Labute approximate surface area is 202 Å². The predicted molar refractivity (Wildman–Crippen MR) is 133 cm³/mol. The molecule has 0 saturated carbocycles. The number of carbonyl (C=O) groups is 1. The Balaban J connectivity index is 1.67. The SMILES string of the molecule is CN1CCC[C@H]1CC(=O)N(N)c1nc(N)nc(-c2ccc(F)cc2)c1-c1ccc2ncn(C)c2c1. The fourth-order valence-corrected chi connectivity index (χ4v) is 4.66. The molecule has 0 radical (unpaired) electrons. The van der Waals surface area contributed by atoms with Crippen molar-refractivity contribution in [3.8, 4) is 22.4 Å². The van der Waals surface area contributed by atoms with Crippen molar-refractivity contribution in [3.63, 3.8) is 0 Å². The van der Waals surface area contributed by atoms with Gasteiger partial charge in [-0.1, -0.05) is 6.07 Å². The van der Waals surface area contributed by atoms with E-state index >= 15 is 0 Å². The van der Waals surface area contributed by atoms with E-state index in [1.807, 2.05) is 36.9 Å². The lowest BCUT2D eigenvalue weighted by molar-refractivity contribution is -0.119. The van der Waals surface area contributed by atoms with Gasteiger partial charge in [0.05, 0.1) is 28.6 Å². The molecule has 0 bridgehead atoms. The van der Waals surface area contributed by atoms with Crippen LogP contribution in [0.1, 0.15) is 19.3 Å². The van der Waals surface area contributed by atoms with E-state index in [4.69, 9.17) is 11.6 Å². The van der Waals surface area contributed by atoms with Crippen molar-refractivity contribution >= 4 is 28.7 Å². The lowest BCUT2D eigenvalue weighted by Crippen LogP contribution is -2.42. The summed E-state index contributed by atoms with van der Waals surface area (Å²) in [5.74, 6) is 5.93. The molecule has 1 amide bonds. The first-order valence-electron chi connectivity index (χ1n) is 11.4. The molecule has 4 N–H and O–H groups in total. The minimum absolute atomic E-state index is 0.0362. The van der Waals surface area contributed by atoms with Crippen LogP contribution in [0, 0.1) is 5.82 Å². The van der Waals surface area contributed by atoms with E-state index in [0.29, 0.717) is 16.8 Å². The largest absolute Gasteiger partial charge is 0.368 e. The Hall–Kier alpha value is -3.89. The topological polar surface area (TPSA) is 119 Å². The number of aromatic nitrogens is 4. The number of halogens is 1. The van der Waals surface area contributed by atoms with Crippen LogP contribution in [0.5, 0.6) is 0 Å². The summed E-state index contributed by atoms with van der Waals surface area (Å²) < 4.78 is 15.6. The third-order valence-electron chi connectivity index (χ3n) is 6.62. The summed E-state index contributed by atoms with van der Waals surface area (Å²) in [5.41, 5.74) is 10.1. The first kappa shape index (κ1) is 22.9. The van der Waals surface area contributed by atoms with Crippen LogP contribution in [-0.2, 0) is 11.8 Å². The predicted octanol–water partition coefficient (Wildman–Crippen LogP) is 3.11. The van der Waals surface area contributed by atoms with Gasteiger partial charge >= 0.3 is 0 Å². The monoisotopic (exact) mass is 474 g/mol. The highest BCUT2D eigenvalue weighted by Gasteiger charge is 2.29. The van der Waals surface area contributed by atoms with Gasteiger partial charge in [0.2, 0.25) is 11.9 Å². The van der Waals surface area contributed by atoms with Crippen molar-refractivity contribution in [3.05, 3.63) is 54.6 Å². The highest BCUT2D eigenvalue weighted by Crippen LogP contribution is 2.39. The zero-order valence-electron chi connectivity index (χ0n) is 19.6. The fourth-order valence-electron chi connectivity index (χ4n) is 4.66. The number of fused-ring (bicyclic) bond motifs is 1. The Kier molecular flexibility index (Phi) is 5.91. The van der Waals surface area contributed by atoms with Crippen molar-refractivity contribution in [2.75, 3.05) is 24.3 Å². The summed E-state index contributed by atoms with van der Waals surface area (Å²) in [6.07, 6.45) is 3.98. The van der Waals surface area contributed by atoms with Crippen molar-refractivity contribution in [2.45, 2.75) is 25.3 Å². The molecule has 35 heavy (non-hydrogen) atoms. The molecule has 9 nitrogen and oxygen atoms in total. The number of imidazole rings is 1. The van der Waals surface area contributed by atoms with Crippen LogP contribution in [0.3, 0.4) is 0 Å². The van der Waals surface area contributed by atoms with Gasteiger partial charge in [0.25, 0.3) is 0 Å². The maximum absolute atomic E-state index is 13.7. The molecule has 10 heteroatoms. The Morgan fingerprint density at radius 1 is 1.14 bits per heavy atom. The van der Waals surface area contributed by atoms with Gasteiger partial charge in [0.1, 0.15) is 5.82 Å². The number of likely N-dealkylation sites (tertiary alicyclic amines) is 1. The minimum atomic E-state index is -0.370. The number of anilines is 2. The van der Waals surface area contributed by atoms with Crippen LogP contribution >= 0.6 is 0 Å². The summed E-state index contributed by atoms with van der Waals surface area (Å²) in [6, 6.07) is 11.8. The highest BCUT2D eigenvalue weighted by molar-refractivity contribution is 6.00. The quantitative estimate of drug-likeness (QED) is 0.259. The van der Waals surface area contributed by atoms with Crippen molar-refractivity contribution in [1.82, 2.24) is 24.4 Å². The number of hydrazine groups is 1. The number of hydrogen-bond donors (Lipinski definition) is 2. The van der Waals surface area contributed by atoms with Gasteiger partial charge < -0.3 is 15.2 Å². The molecule has 2 aromatic carbocycles. The molecular weight excluding hydrogens is 447 g/mol. The molecule has 180 valence electrons. The summed E-state index contributed by atoms with van der Waals surface area (Å²) >= 11 is 0. The molecule has 0 spiro atoms. The smallest absolute Gasteiger partial charge is 0.244 e. The zero-order valence-corrected chi connectivity index (χ0v) is 19.6. The molecule has 1 atom stereocenters. The van der Waals surface area contributed by atoms with Gasteiger partial charge in [-0.15, -0.1) is 0 Å². The lowest BCUT2D eigenvalue weighted by atomic mass is 9.98. The molecule has 2 aromatic heterocycles. The fraction of sp³-hybridized carbons (Fsp3) is 0.280. The molecule has 1 aliphatic rings. The first-order chi connectivity index (χ1) is 16.8. The normalized spacial score (nSPS) is 16.2. The van der Waals surface area contributed by atoms with Gasteiger partial charge in [-0.2, -0.15) is 4.98 Å². The minimum Gasteiger partial charge on any atom is -0.368 e. The van der Waals surface area contributed by atoms with Crippen LogP contribution < -0.4 is 16.6 Å². The van der Waals surface area contributed by atoms with Crippen molar-refractivity contribution < 1.29 is 9.18 Å². The van der Waals surface area contributed by atoms with Gasteiger partial charge in [-0.25, -0.2) is 25.2 Å². The average molecular weight is 475 g/mol. The number of benzene rings is 2. The van der Waals surface area contributed by atoms with E-state index < -0.39 is 0 Å².